The van der Waals surface area contributed by atoms with Crippen LogP contribution in [0.15, 0.2) is 47.8 Å². The number of hydrogen-bond donors (Lipinski definition) is 0. The summed E-state index contributed by atoms with van der Waals surface area (Å²) in [5.74, 6) is -1.17. The van der Waals surface area contributed by atoms with Crippen LogP contribution in [0.2, 0.25) is 0 Å². The average Bonchev–Trinajstić information content (AvgIpc) is 3.17. The van der Waals surface area contributed by atoms with Crippen molar-refractivity contribution in [2.24, 2.45) is 0 Å². The maximum Gasteiger partial charge on any atom is 0.433 e. The molecule has 0 N–H and O–H groups in total. The van der Waals surface area contributed by atoms with Gasteiger partial charge < -0.3 is 4.74 Å². The number of carbonyl (C=O) groups is 2. The lowest BCUT2D eigenvalue weighted by Crippen LogP contribution is -2.32. The minimum Gasteiger partial charge on any atom is -0.462 e. The molecular weight excluding hydrogens is 477 g/mol. The second-order valence-corrected chi connectivity index (χ2v) is 8.53. The Bertz CT molecular complexity index is 1120. The first kappa shape index (κ1) is 24.6. The first-order valence-corrected chi connectivity index (χ1v) is 11.5. The Balaban J connectivity index is 1.83. The third-order valence-electron chi connectivity index (χ3n) is 4.21. The molecule has 0 saturated heterocycles. The van der Waals surface area contributed by atoms with Crippen LogP contribution in [-0.2, 0) is 22.3 Å². The van der Waals surface area contributed by atoms with Gasteiger partial charge in [-0.15, -0.1) is 0 Å². The standard InChI is InChI=1S/C21H19F3N4O3S2/c1-3-31-18(30)17-13(2)26-20(33-17)28(11-14-7-5-4-6-8-14)16(29)12-32-19-25-10-9-15(27-19)21(22,23)24/h4-10H,3,11-12H2,1-2H3. The molecule has 1 aromatic carbocycles. The van der Waals surface area contributed by atoms with Crippen LogP contribution in [0.25, 0.3) is 0 Å². The second-order valence-electron chi connectivity index (χ2n) is 6.61. The van der Waals surface area contributed by atoms with E-state index in [0.717, 1.165) is 40.9 Å². The number of hydrogen-bond acceptors (Lipinski definition) is 8. The molecule has 0 unspecified atom stereocenters. The van der Waals surface area contributed by atoms with Crippen molar-refractivity contribution < 1.29 is 27.5 Å². The van der Waals surface area contributed by atoms with Crippen molar-refractivity contribution >= 4 is 40.1 Å². The number of amides is 1. The fraction of sp³-hybridized carbons (Fsp3) is 0.286. The minimum atomic E-state index is -4.61. The maximum atomic E-state index is 13.1. The van der Waals surface area contributed by atoms with Crippen LogP contribution >= 0.6 is 23.1 Å². The van der Waals surface area contributed by atoms with Crippen molar-refractivity contribution in [3.8, 4) is 0 Å². The summed E-state index contributed by atoms with van der Waals surface area (Å²) in [7, 11) is 0. The van der Waals surface area contributed by atoms with Gasteiger partial charge in [0, 0.05) is 6.20 Å². The topological polar surface area (TPSA) is 85.3 Å². The first-order chi connectivity index (χ1) is 15.7. The molecule has 3 rings (SSSR count). The van der Waals surface area contributed by atoms with Crippen LogP contribution < -0.4 is 4.90 Å². The highest BCUT2D eigenvalue weighted by atomic mass is 32.2. The highest BCUT2D eigenvalue weighted by molar-refractivity contribution is 7.99. The predicted molar refractivity (Wildman–Crippen MR) is 118 cm³/mol. The van der Waals surface area contributed by atoms with Crippen LogP contribution in [0.3, 0.4) is 0 Å². The summed E-state index contributed by atoms with van der Waals surface area (Å²) in [4.78, 5) is 38.6. The number of thiazole rings is 1. The number of benzene rings is 1. The van der Waals surface area contributed by atoms with E-state index >= 15 is 0 Å². The predicted octanol–water partition coefficient (Wildman–Crippen LogP) is 4.76. The smallest absolute Gasteiger partial charge is 0.433 e. The molecule has 0 fully saturated rings. The van der Waals surface area contributed by atoms with Gasteiger partial charge in [-0.05, 0) is 25.5 Å². The number of ether oxygens (including phenoxy) is 1. The van der Waals surface area contributed by atoms with Gasteiger partial charge in [-0.1, -0.05) is 53.4 Å². The molecule has 12 heteroatoms. The molecule has 0 aliphatic carbocycles. The van der Waals surface area contributed by atoms with Gasteiger partial charge in [-0.25, -0.2) is 19.7 Å². The number of anilines is 1. The van der Waals surface area contributed by atoms with Crippen molar-refractivity contribution in [1.82, 2.24) is 15.0 Å². The molecule has 0 aliphatic heterocycles. The van der Waals surface area contributed by atoms with Gasteiger partial charge in [0.2, 0.25) is 5.91 Å². The Morgan fingerprint density at radius 3 is 2.55 bits per heavy atom. The van der Waals surface area contributed by atoms with Crippen molar-refractivity contribution in [1.29, 1.82) is 0 Å². The lowest BCUT2D eigenvalue weighted by Gasteiger charge is -2.20. The van der Waals surface area contributed by atoms with E-state index < -0.39 is 23.7 Å². The van der Waals surface area contributed by atoms with E-state index in [1.54, 1.807) is 13.8 Å². The third-order valence-corrected chi connectivity index (χ3v) is 6.22. The summed E-state index contributed by atoms with van der Waals surface area (Å²) < 4.78 is 43.7. The molecule has 0 atom stereocenters. The number of thioether (sulfide) groups is 1. The molecule has 0 bridgehead atoms. The van der Waals surface area contributed by atoms with Crippen molar-refractivity contribution in [2.45, 2.75) is 31.7 Å². The van der Waals surface area contributed by atoms with E-state index in [9.17, 15) is 22.8 Å². The van der Waals surface area contributed by atoms with E-state index in [4.69, 9.17) is 4.74 Å². The Kier molecular flexibility index (Phi) is 8.03. The molecule has 7 nitrogen and oxygen atoms in total. The molecule has 0 aliphatic rings. The van der Waals surface area contributed by atoms with Crippen LogP contribution in [-0.4, -0.2) is 39.2 Å². The summed E-state index contributed by atoms with van der Waals surface area (Å²) in [6.07, 6.45) is -3.61. The fourth-order valence-corrected chi connectivity index (χ4v) is 4.37. The molecule has 2 heterocycles. The summed E-state index contributed by atoms with van der Waals surface area (Å²) in [5, 5.41) is 0.121. The lowest BCUT2D eigenvalue weighted by molar-refractivity contribution is -0.141. The fourth-order valence-electron chi connectivity index (χ4n) is 2.68. The summed E-state index contributed by atoms with van der Waals surface area (Å²) in [6, 6.07) is 9.90. The molecule has 174 valence electrons. The van der Waals surface area contributed by atoms with Gasteiger partial charge in [0.05, 0.1) is 24.6 Å². The van der Waals surface area contributed by atoms with E-state index in [-0.39, 0.29) is 34.1 Å². The van der Waals surface area contributed by atoms with Crippen molar-refractivity contribution in [3.63, 3.8) is 0 Å². The number of aryl methyl sites for hydroxylation is 1. The molecule has 2 aromatic heterocycles. The number of nitrogens with zero attached hydrogens (tertiary/aromatic N) is 4. The van der Waals surface area contributed by atoms with Gasteiger partial charge in [0.15, 0.2) is 10.3 Å². The number of alkyl halides is 3. The van der Waals surface area contributed by atoms with Crippen LogP contribution in [0, 0.1) is 6.92 Å². The number of halogens is 3. The summed E-state index contributed by atoms with van der Waals surface area (Å²) in [5.41, 5.74) is 0.160. The van der Waals surface area contributed by atoms with Gasteiger partial charge in [-0.3, -0.25) is 9.69 Å². The second kappa shape index (κ2) is 10.8. The number of aromatic nitrogens is 3. The molecule has 33 heavy (non-hydrogen) atoms. The molecule has 0 radical (unpaired) electrons. The zero-order valence-corrected chi connectivity index (χ0v) is 19.3. The monoisotopic (exact) mass is 496 g/mol. The van der Waals surface area contributed by atoms with Gasteiger partial charge in [0.25, 0.3) is 0 Å². The SMILES string of the molecule is CCOC(=O)c1sc(N(Cc2ccccc2)C(=O)CSc2nccc(C(F)(F)F)n2)nc1C. The average molecular weight is 497 g/mol. The highest BCUT2D eigenvalue weighted by Crippen LogP contribution is 2.30. The Hall–Kier alpha value is -2.99. The third kappa shape index (κ3) is 6.51. The van der Waals surface area contributed by atoms with E-state index in [1.165, 1.54) is 4.90 Å². The van der Waals surface area contributed by atoms with Gasteiger partial charge in [-0.2, -0.15) is 13.2 Å². The van der Waals surface area contributed by atoms with Crippen molar-refractivity contribution in [2.75, 3.05) is 17.3 Å². The lowest BCUT2D eigenvalue weighted by atomic mass is 10.2. The number of carbonyl (C=O) groups excluding carboxylic acids is 2. The Morgan fingerprint density at radius 2 is 1.88 bits per heavy atom. The first-order valence-electron chi connectivity index (χ1n) is 9.71. The van der Waals surface area contributed by atoms with Gasteiger partial charge in [0.1, 0.15) is 10.6 Å². The molecule has 1 amide bonds. The van der Waals surface area contributed by atoms with Gasteiger partial charge >= 0.3 is 12.1 Å². The number of esters is 1. The van der Waals surface area contributed by atoms with E-state index in [0.29, 0.717) is 5.69 Å². The highest BCUT2D eigenvalue weighted by Gasteiger charge is 2.33. The van der Waals surface area contributed by atoms with E-state index in [2.05, 4.69) is 15.0 Å². The van der Waals surface area contributed by atoms with Crippen LogP contribution in [0.5, 0.6) is 0 Å². The zero-order chi connectivity index (χ0) is 24.0. The van der Waals surface area contributed by atoms with Crippen molar-refractivity contribution in [3.05, 3.63) is 64.4 Å². The summed E-state index contributed by atoms with van der Waals surface area (Å²) in [6.45, 7) is 3.70. The Labute approximate surface area is 196 Å². The molecule has 0 spiro atoms. The zero-order valence-electron chi connectivity index (χ0n) is 17.6. The Morgan fingerprint density at radius 1 is 1.15 bits per heavy atom. The minimum absolute atomic E-state index is 0.166. The maximum absolute atomic E-state index is 13.1. The molecular formula is C21H19F3N4O3S2. The molecule has 3 aromatic rings. The largest absolute Gasteiger partial charge is 0.462 e. The van der Waals surface area contributed by atoms with E-state index in [1.807, 2.05) is 30.3 Å². The number of rotatable bonds is 8. The summed E-state index contributed by atoms with van der Waals surface area (Å²) >= 11 is 1.81. The quantitative estimate of drug-likeness (QED) is 0.252. The normalized spacial score (nSPS) is 11.3. The molecule has 0 saturated carbocycles. The van der Waals surface area contributed by atoms with Crippen LogP contribution in [0.1, 0.15) is 33.5 Å². The van der Waals surface area contributed by atoms with Crippen LogP contribution in [0.4, 0.5) is 18.3 Å².